The Morgan fingerprint density at radius 2 is 2.18 bits per heavy atom. The van der Waals surface area contributed by atoms with Gasteiger partial charge in [-0.3, -0.25) is 0 Å². The topological polar surface area (TPSA) is 64.1 Å². The Labute approximate surface area is 114 Å². The minimum atomic E-state index is -0.491. The molecular formula is C9H15N3O2S3. The van der Waals surface area contributed by atoms with Gasteiger partial charge in [0.15, 0.2) is 8.68 Å². The van der Waals surface area contributed by atoms with E-state index in [0.29, 0.717) is 4.34 Å². The molecule has 1 heterocycles. The van der Waals surface area contributed by atoms with Gasteiger partial charge in [-0.25, -0.2) is 4.79 Å². The van der Waals surface area contributed by atoms with E-state index in [9.17, 15) is 4.79 Å². The third-order valence-electron chi connectivity index (χ3n) is 1.39. The highest BCUT2D eigenvalue weighted by Crippen LogP contribution is 2.26. The van der Waals surface area contributed by atoms with Gasteiger partial charge in [0, 0.05) is 0 Å². The van der Waals surface area contributed by atoms with Crippen LogP contribution in [0.15, 0.2) is 8.68 Å². The minimum absolute atomic E-state index is 0.134. The highest BCUT2D eigenvalue weighted by Gasteiger charge is 2.18. The maximum atomic E-state index is 11.5. The predicted octanol–water partition coefficient (Wildman–Crippen LogP) is 2.79. The fourth-order valence-corrected chi connectivity index (χ4v) is 3.12. The summed E-state index contributed by atoms with van der Waals surface area (Å²) in [5.74, 6) is 0. The lowest BCUT2D eigenvalue weighted by molar-refractivity contribution is 0.0525. The monoisotopic (exact) mass is 293 g/mol. The van der Waals surface area contributed by atoms with Gasteiger partial charge >= 0.3 is 6.09 Å². The molecule has 8 heteroatoms. The molecule has 1 amide bonds. The number of hydrogen-bond acceptors (Lipinski definition) is 7. The summed E-state index contributed by atoms with van der Waals surface area (Å²) in [5, 5.41) is 10.3. The number of rotatable bonds is 3. The van der Waals surface area contributed by atoms with Crippen LogP contribution in [-0.4, -0.2) is 27.3 Å². The van der Waals surface area contributed by atoms with Crippen molar-refractivity contribution in [2.75, 3.05) is 0 Å². The molecule has 0 bridgehead atoms. The predicted molar refractivity (Wildman–Crippen MR) is 71.8 cm³/mol. The average Bonchev–Trinajstić information content (AvgIpc) is 2.46. The van der Waals surface area contributed by atoms with E-state index < -0.39 is 11.7 Å². The molecule has 1 rings (SSSR count). The van der Waals surface area contributed by atoms with Crippen LogP contribution in [0.1, 0.15) is 27.7 Å². The molecule has 17 heavy (non-hydrogen) atoms. The molecule has 0 fully saturated rings. The molecule has 0 saturated heterocycles. The van der Waals surface area contributed by atoms with E-state index >= 15 is 0 Å². The van der Waals surface area contributed by atoms with Crippen molar-refractivity contribution in [1.82, 2.24) is 15.5 Å². The molecule has 0 aliphatic heterocycles. The van der Waals surface area contributed by atoms with Gasteiger partial charge in [0.25, 0.3) is 0 Å². The Kier molecular flexibility index (Phi) is 5.08. The second-order valence-corrected chi connectivity index (χ2v) is 7.55. The van der Waals surface area contributed by atoms with E-state index in [1.165, 1.54) is 23.1 Å². The quantitative estimate of drug-likeness (QED) is 0.510. The zero-order chi connectivity index (χ0) is 13.1. The average molecular weight is 293 g/mol. The molecule has 1 N–H and O–H groups in total. The number of ether oxygens (including phenoxy) is 1. The SMILES string of the molecule is CC(NC(=O)OC(C)(C)C)Sc1nnc(S)s1. The molecule has 0 radical (unpaired) electrons. The number of alkyl carbamates (subject to hydrolysis) is 1. The van der Waals surface area contributed by atoms with Gasteiger partial charge in [-0.15, -0.1) is 22.8 Å². The summed E-state index contributed by atoms with van der Waals surface area (Å²) in [4.78, 5) is 11.5. The lowest BCUT2D eigenvalue weighted by Crippen LogP contribution is -2.36. The number of hydrogen-bond donors (Lipinski definition) is 2. The highest BCUT2D eigenvalue weighted by atomic mass is 32.2. The highest BCUT2D eigenvalue weighted by molar-refractivity contribution is 8.01. The van der Waals surface area contributed by atoms with Gasteiger partial charge in [-0.05, 0) is 27.7 Å². The third-order valence-corrected chi connectivity index (χ3v) is 3.57. The first kappa shape index (κ1) is 14.6. The normalized spacial score (nSPS) is 13.2. The van der Waals surface area contributed by atoms with Crippen LogP contribution in [0.5, 0.6) is 0 Å². The molecule has 0 saturated carbocycles. The van der Waals surface area contributed by atoms with Crippen LogP contribution in [0, 0.1) is 0 Å². The molecule has 5 nitrogen and oxygen atoms in total. The van der Waals surface area contributed by atoms with Gasteiger partial charge in [0.05, 0.1) is 5.37 Å². The Morgan fingerprint density at radius 1 is 1.53 bits per heavy atom. The molecule has 96 valence electrons. The first-order valence-electron chi connectivity index (χ1n) is 4.95. The summed E-state index contributed by atoms with van der Waals surface area (Å²) >= 11 is 6.85. The van der Waals surface area contributed by atoms with E-state index in [2.05, 4.69) is 28.1 Å². The number of nitrogens with one attached hydrogen (secondary N) is 1. The second-order valence-electron chi connectivity index (χ2n) is 4.26. The lowest BCUT2D eigenvalue weighted by atomic mass is 10.2. The largest absolute Gasteiger partial charge is 0.444 e. The number of carbonyl (C=O) groups is 1. The van der Waals surface area contributed by atoms with Gasteiger partial charge in [0.1, 0.15) is 5.60 Å². The molecule has 1 atom stereocenters. The summed E-state index contributed by atoms with van der Waals surface area (Å²) in [7, 11) is 0. The second kappa shape index (κ2) is 5.92. The van der Waals surface area contributed by atoms with Crippen LogP contribution in [0.2, 0.25) is 0 Å². The molecular weight excluding hydrogens is 278 g/mol. The van der Waals surface area contributed by atoms with Crippen LogP contribution in [0.3, 0.4) is 0 Å². The number of thiol groups is 1. The van der Waals surface area contributed by atoms with Crippen LogP contribution >= 0.6 is 35.7 Å². The summed E-state index contributed by atoms with van der Waals surface area (Å²) < 4.78 is 6.51. The van der Waals surface area contributed by atoms with Gasteiger partial charge in [-0.2, -0.15) is 0 Å². The number of carbonyl (C=O) groups excluding carboxylic acids is 1. The summed E-state index contributed by atoms with van der Waals surface area (Å²) in [6, 6.07) is 0. The molecule has 1 unspecified atom stereocenters. The van der Waals surface area contributed by atoms with E-state index in [0.717, 1.165) is 4.34 Å². The van der Waals surface area contributed by atoms with Crippen LogP contribution < -0.4 is 5.32 Å². The standard InChI is InChI=1S/C9H15N3O2S3/c1-5(10-6(13)14-9(2,3)4)16-8-12-11-7(15)17-8/h5H,1-4H3,(H,10,13)(H,11,15). The Morgan fingerprint density at radius 3 is 2.65 bits per heavy atom. The first-order valence-corrected chi connectivity index (χ1v) is 7.09. The maximum absolute atomic E-state index is 11.5. The fourth-order valence-electron chi connectivity index (χ4n) is 0.904. The lowest BCUT2D eigenvalue weighted by Gasteiger charge is -2.21. The Bertz CT molecular complexity index is 389. The van der Waals surface area contributed by atoms with E-state index in [1.807, 2.05) is 27.7 Å². The number of nitrogens with zero attached hydrogens (tertiary/aromatic N) is 2. The zero-order valence-electron chi connectivity index (χ0n) is 10.1. The number of thioether (sulfide) groups is 1. The fraction of sp³-hybridized carbons (Fsp3) is 0.667. The van der Waals surface area contributed by atoms with E-state index in [1.54, 1.807) is 0 Å². The van der Waals surface area contributed by atoms with Crippen molar-refractivity contribution in [2.24, 2.45) is 0 Å². The van der Waals surface area contributed by atoms with Gasteiger partial charge in [0.2, 0.25) is 0 Å². The van der Waals surface area contributed by atoms with Crippen molar-refractivity contribution in [3.63, 3.8) is 0 Å². The van der Waals surface area contributed by atoms with E-state index in [4.69, 9.17) is 4.74 Å². The van der Waals surface area contributed by atoms with Crippen molar-refractivity contribution < 1.29 is 9.53 Å². The molecule has 0 aliphatic rings. The third kappa shape index (κ3) is 6.13. The smallest absolute Gasteiger partial charge is 0.408 e. The van der Waals surface area contributed by atoms with Crippen LogP contribution in [0.25, 0.3) is 0 Å². The minimum Gasteiger partial charge on any atom is -0.444 e. The molecule has 0 aromatic carbocycles. The van der Waals surface area contributed by atoms with Crippen LogP contribution in [-0.2, 0) is 4.74 Å². The summed E-state index contributed by atoms with van der Waals surface area (Å²) in [6.07, 6.45) is -0.437. The number of amides is 1. The first-order chi connectivity index (χ1) is 7.76. The Hall–Kier alpha value is -0.470. The van der Waals surface area contributed by atoms with E-state index in [-0.39, 0.29) is 5.37 Å². The molecule has 0 spiro atoms. The maximum Gasteiger partial charge on any atom is 0.408 e. The summed E-state index contributed by atoms with van der Waals surface area (Å²) in [6.45, 7) is 7.32. The van der Waals surface area contributed by atoms with Crippen LogP contribution in [0.4, 0.5) is 4.79 Å². The van der Waals surface area contributed by atoms with Crippen molar-refractivity contribution in [2.45, 2.75) is 47.3 Å². The van der Waals surface area contributed by atoms with Crippen molar-refractivity contribution >= 4 is 41.8 Å². The zero-order valence-corrected chi connectivity index (χ0v) is 12.6. The van der Waals surface area contributed by atoms with Crippen molar-refractivity contribution in [3.8, 4) is 0 Å². The molecule has 1 aromatic heterocycles. The number of aromatic nitrogens is 2. The van der Waals surface area contributed by atoms with Gasteiger partial charge in [-0.1, -0.05) is 23.1 Å². The summed E-state index contributed by atoms with van der Waals surface area (Å²) in [5.41, 5.74) is -0.491. The molecule has 0 aliphatic carbocycles. The van der Waals surface area contributed by atoms with Crippen molar-refractivity contribution in [3.05, 3.63) is 0 Å². The Balaban J connectivity index is 2.39. The van der Waals surface area contributed by atoms with Crippen molar-refractivity contribution in [1.29, 1.82) is 0 Å². The van der Waals surface area contributed by atoms with Gasteiger partial charge < -0.3 is 10.1 Å². The molecule has 1 aromatic rings.